The molecule has 0 heteroatoms. The maximum atomic E-state index is 3.55. The molecule has 0 saturated carbocycles. The van der Waals surface area contributed by atoms with Gasteiger partial charge in [0, 0.05) is 0 Å². The summed E-state index contributed by atoms with van der Waals surface area (Å²) in [5.41, 5.74) is 0. The Morgan fingerprint density at radius 3 is 1.27 bits per heavy atom. The Labute approximate surface area is 73.0 Å². The molecule has 0 aliphatic carbocycles. The Kier molecular flexibility index (Phi) is 52.0. The van der Waals surface area contributed by atoms with Crippen LogP contribution < -0.4 is 0 Å². The van der Waals surface area contributed by atoms with Crippen molar-refractivity contribution in [3.8, 4) is 0 Å². The lowest BCUT2D eigenvalue weighted by Gasteiger charge is -1.72. The van der Waals surface area contributed by atoms with Gasteiger partial charge < -0.3 is 0 Å². The number of allylic oxidation sites excluding steroid dienone is 1. The normalized spacial score (nSPS) is 6.45. The molecule has 0 unspecified atom stereocenters. The van der Waals surface area contributed by atoms with Crippen molar-refractivity contribution < 1.29 is 0 Å². The molecule has 0 amide bonds. The molecule has 0 aromatic rings. The third kappa shape index (κ3) is 86.2. The van der Waals surface area contributed by atoms with Crippen LogP contribution >= 0.6 is 0 Å². The van der Waals surface area contributed by atoms with Crippen LogP contribution in [0.25, 0.3) is 0 Å². The fraction of sp³-hybridized carbons (Fsp3) is 0.636. The molecule has 0 aromatic heterocycles. The minimum atomic E-state index is 1.15. The standard InChI is InChI=1S/C5H10.C4H10.C2H4/c1-3-5-4-2;1-3-4-2;1-2/h3H,1,4-5H2,2H3;3-4H2,1-2H3;1-2H2. The Bertz CT molecular complexity index is 44.0. The minimum absolute atomic E-state index is 1.15. The maximum Gasteiger partial charge on any atom is -0.0356 e. The van der Waals surface area contributed by atoms with Gasteiger partial charge in [-0.25, -0.2) is 0 Å². The van der Waals surface area contributed by atoms with Gasteiger partial charge in [-0.2, -0.15) is 0 Å². The molecule has 0 spiro atoms. The lowest BCUT2D eigenvalue weighted by atomic mass is 10.3. The molecule has 68 valence electrons. The van der Waals surface area contributed by atoms with Crippen LogP contribution in [0.15, 0.2) is 25.8 Å². The molecule has 0 rings (SSSR count). The van der Waals surface area contributed by atoms with Gasteiger partial charge in [0.2, 0.25) is 0 Å². The molecular weight excluding hydrogens is 132 g/mol. The van der Waals surface area contributed by atoms with E-state index in [1.165, 1.54) is 19.3 Å². The van der Waals surface area contributed by atoms with Gasteiger partial charge in [0.05, 0.1) is 0 Å². The van der Waals surface area contributed by atoms with Gasteiger partial charge in [0.25, 0.3) is 0 Å². The summed E-state index contributed by atoms with van der Waals surface area (Å²) in [5, 5.41) is 0. The first-order valence-corrected chi connectivity index (χ1v) is 4.44. The number of hydrogen-bond acceptors (Lipinski definition) is 0. The maximum absolute atomic E-state index is 3.55. The largest absolute Gasteiger partial charge is 0.106 e. The van der Waals surface area contributed by atoms with E-state index in [9.17, 15) is 0 Å². The zero-order valence-corrected chi connectivity index (χ0v) is 8.53. The number of hydrogen-bond donors (Lipinski definition) is 0. The molecular formula is C11H24. The van der Waals surface area contributed by atoms with Gasteiger partial charge in [0.1, 0.15) is 0 Å². The predicted octanol–water partition coefficient (Wildman–Crippen LogP) is 4.58. The molecule has 0 fully saturated rings. The van der Waals surface area contributed by atoms with Crippen LogP contribution in [0.4, 0.5) is 0 Å². The molecule has 0 saturated heterocycles. The van der Waals surface area contributed by atoms with Crippen molar-refractivity contribution in [2.24, 2.45) is 0 Å². The summed E-state index contributed by atoms with van der Waals surface area (Å²) in [5.74, 6) is 0. The van der Waals surface area contributed by atoms with E-state index >= 15 is 0 Å². The summed E-state index contributed by atoms with van der Waals surface area (Å²) in [4.78, 5) is 0. The van der Waals surface area contributed by atoms with E-state index in [-0.39, 0.29) is 0 Å². The molecule has 0 heterocycles. The van der Waals surface area contributed by atoms with E-state index in [0.717, 1.165) is 6.42 Å². The molecule has 0 aliphatic heterocycles. The summed E-state index contributed by atoms with van der Waals surface area (Å²) < 4.78 is 0. The average Bonchev–Trinajstić information content (AvgIpc) is 2.10. The summed E-state index contributed by atoms with van der Waals surface area (Å²) >= 11 is 0. The Hall–Kier alpha value is -0.520. The highest BCUT2D eigenvalue weighted by Crippen LogP contribution is 1.82. The van der Waals surface area contributed by atoms with Gasteiger partial charge in [-0.1, -0.05) is 46.1 Å². The summed E-state index contributed by atoms with van der Waals surface area (Å²) in [6.07, 6.45) is 6.95. The van der Waals surface area contributed by atoms with Gasteiger partial charge in [-0.05, 0) is 6.42 Å². The second-order valence-corrected chi connectivity index (χ2v) is 2.08. The fourth-order valence-electron chi connectivity index (χ4n) is 0.204. The van der Waals surface area contributed by atoms with Crippen molar-refractivity contribution >= 4 is 0 Å². The van der Waals surface area contributed by atoms with Crippen LogP contribution in [0.2, 0.25) is 0 Å². The van der Waals surface area contributed by atoms with E-state index in [1.807, 2.05) is 6.08 Å². The first kappa shape index (κ1) is 16.8. The first-order chi connectivity index (χ1) is 5.33. The van der Waals surface area contributed by atoms with Crippen molar-refractivity contribution in [1.29, 1.82) is 0 Å². The molecule has 0 nitrogen and oxygen atoms in total. The van der Waals surface area contributed by atoms with Crippen LogP contribution in [-0.2, 0) is 0 Å². The van der Waals surface area contributed by atoms with E-state index in [0.29, 0.717) is 0 Å². The van der Waals surface area contributed by atoms with Crippen molar-refractivity contribution in [2.75, 3.05) is 0 Å². The van der Waals surface area contributed by atoms with E-state index in [2.05, 4.69) is 40.5 Å². The highest BCUT2D eigenvalue weighted by molar-refractivity contribution is 4.63. The quantitative estimate of drug-likeness (QED) is 0.525. The summed E-state index contributed by atoms with van der Waals surface area (Å²) in [7, 11) is 0. The number of unbranched alkanes of at least 4 members (excludes halogenated alkanes) is 2. The topological polar surface area (TPSA) is 0 Å². The highest BCUT2D eigenvalue weighted by atomic mass is 13.7. The van der Waals surface area contributed by atoms with Gasteiger partial charge in [0.15, 0.2) is 0 Å². The van der Waals surface area contributed by atoms with Crippen LogP contribution in [0.5, 0.6) is 0 Å². The molecule has 11 heavy (non-hydrogen) atoms. The fourth-order valence-corrected chi connectivity index (χ4v) is 0.204. The SMILES string of the molecule is C=C.C=CCCC.CCCC. The molecule has 0 bridgehead atoms. The van der Waals surface area contributed by atoms with E-state index in [1.54, 1.807) is 0 Å². The lowest BCUT2D eigenvalue weighted by molar-refractivity contribution is 0.886. The van der Waals surface area contributed by atoms with E-state index < -0.39 is 0 Å². The second kappa shape index (κ2) is 34.0. The van der Waals surface area contributed by atoms with Crippen LogP contribution in [0.1, 0.15) is 46.5 Å². The second-order valence-electron chi connectivity index (χ2n) is 2.08. The van der Waals surface area contributed by atoms with Gasteiger partial charge in [-0.15, -0.1) is 19.7 Å². The van der Waals surface area contributed by atoms with E-state index in [4.69, 9.17) is 0 Å². The lowest BCUT2D eigenvalue weighted by Crippen LogP contribution is -1.52. The zero-order chi connectivity index (χ0) is 9.54. The van der Waals surface area contributed by atoms with Gasteiger partial charge >= 0.3 is 0 Å². The highest BCUT2D eigenvalue weighted by Gasteiger charge is 1.61. The molecule has 0 atom stereocenters. The van der Waals surface area contributed by atoms with Crippen molar-refractivity contribution in [3.63, 3.8) is 0 Å². The summed E-state index contributed by atoms with van der Waals surface area (Å²) in [6, 6.07) is 0. The third-order valence-electron chi connectivity index (χ3n) is 0.993. The van der Waals surface area contributed by atoms with Crippen molar-refractivity contribution in [3.05, 3.63) is 25.8 Å². The number of rotatable bonds is 3. The molecule has 0 aliphatic rings. The monoisotopic (exact) mass is 156 g/mol. The average molecular weight is 156 g/mol. The smallest absolute Gasteiger partial charge is 0.0356 e. The summed E-state index contributed by atoms with van der Waals surface area (Å²) in [6.45, 7) is 16.1. The van der Waals surface area contributed by atoms with Crippen LogP contribution in [-0.4, -0.2) is 0 Å². The van der Waals surface area contributed by atoms with Crippen molar-refractivity contribution in [2.45, 2.75) is 46.5 Å². The Balaban J connectivity index is -0.0000000965. The van der Waals surface area contributed by atoms with Crippen LogP contribution in [0.3, 0.4) is 0 Å². The predicted molar refractivity (Wildman–Crippen MR) is 56.9 cm³/mol. The Morgan fingerprint density at radius 1 is 0.909 bits per heavy atom. The van der Waals surface area contributed by atoms with Gasteiger partial charge in [-0.3, -0.25) is 0 Å². The van der Waals surface area contributed by atoms with Crippen molar-refractivity contribution in [1.82, 2.24) is 0 Å². The molecule has 0 radical (unpaired) electrons. The zero-order valence-electron chi connectivity index (χ0n) is 8.53. The molecule has 0 N–H and O–H groups in total. The minimum Gasteiger partial charge on any atom is -0.106 e. The third-order valence-corrected chi connectivity index (χ3v) is 0.993. The van der Waals surface area contributed by atoms with Crippen LogP contribution in [0, 0.1) is 0 Å². The first-order valence-electron chi connectivity index (χ1n) is 4.44. The molecule has 0 aromatic carbocycles. The Morgan fingerprint density at radius 2 is 1.27 bits per heavy atom.